The molecule has 8 nitrogen and oxygen atoms in total. The molecule has 9 heteroatoms. The summed E-state index contributed by atoms with van der Waals surface area (Å²) < 4.78 is 6.41. The monoisotopic (exact) mass is 402 g/mol. The Morgan fingerprint density at radius 2 is 2.04 bits per heavy atom. The van der Waals surface area contributed by atoms with Gasteiger partial charge in [0.05, 0.1) is 12.9 Å². The Morgan fingerprint density at radius 3 is 2.75 bits per heavy atom. The molecule has 2 aromatic rings. The van der Waals surface area contributed by atoms with Crippen molar-refractivity contribution in [3.05, 3.63) is 46.4 Å². The summed E-state index contributed by atoms with van der Waals surface area (Å²) in [4.78, 5) is 43.2. The van der Waals surface area contributed by atoms with Crippen molar-refractivity contribution in [2.24, 2.45) is 7.05 Å². The molecule has 148 valence electrons. The molecule has 1 saturated heterocycles. The average Bonchev–Trinajstić information content (AvgIpc) is 3.24. The summed E-state index contributed by atoms with van der Waals surface area (Å²) in [5.41, 5.74) is -0.0203. The van der Waals surface area contributed by atoms with Crippen LogP contribution in [0.25, 0.3) is 0 Å². The quantitative estimate of drug-likeness (QED) is 0.585. The lowest BCUT2D eigenvalue weighted by Gasteiger charge is -2.15. The van der Waals surface area contributed by atoms with Crippen LogP contribution in [0.4, 0.5) is 5.69 Å². The number of ether oxygens (including phenoxy) is 1. The lowest BCUT2D eigenvalue weighted by atomic mass is 10.2. The van der Waals surface area contributed by atoms with Gasteiger partial charge in [-0.1, -0.05) is 17.8 Å². The fourth-order valence-corrected chi connectivity index (χ4v) is 3.74. The number of hydrogen-bond donors (Lipinski definition) is 1. The minimum Gasteiger partial charge on any atom is -0.497 e. The highest BCUT2D eigenvalue weighted by atomic mass is 32.2. The zero-order valence-electron chi connectivity index (χ0n) is 15.8. The van der Waals surface area contributed by atoms with Gasteiger partial charge in [0.25, 0.3) is 11.5 Å². The molecule has 0 saturated carbocycles. The average molecular weight is 402 g/mol. The van der Waals surface area contributed by atoms with Gasteiger partial charge < -0.3 is 15.0 Å². The largest absolute Gasteiger partial charge is 0.497 e. The second-order valence-corrected chi connectivity index (χ2v) is 7.32. The number of nitrogens with one attached hydrogen (secondary N) is 1. The smallest absolute Gasteiger partial charge is 0.266 e. The molecule has 1 aromatic heterocycles. The Bertz CT molecular complexity index is 938. The summed E-state index contributed by atoms with van der Waals surface area (Å²) in [7, 11) is 3.08. The van der Waals surface area contributed by atoms with Crippen LogP contribution in [-0.2, 0) is 11.8 Å². The topological polar surface area (TPSA) is 93.5 Å². The minimum absolute atomic E-state index is 0.0385. The maximum absolute atomic E-state index is 12.6. The van der Waals surface area contributed by atoms with E-state index >= 15 is 0 Å². The highest BCUT2D eigenvalue weighted by Gasteiger charge is 2.20. The van der Waals surface area contributed by atoms with Crippen LogP contribution in [0.15, 0.2) is 40.4 Å². The second kappa shape index (κ2) is 8.92. The number of amides is 2. The number of carbonyl (C=O) groups excluding carboxylic acids is 2. The number of hydrogen-bond acceptors (Lipinski definition) is 6. The Kier molecular flexibility index (Phi) is 6.35. The number of aromatic nitrogens is 2. The van der Waals surface area contributed by atoms with E-state index in [0.717, 1.165) is 25.9 Å². The lowest BCUT2D eigenvalue weighted by Crippen LogP contribution is -2.31. The van der Waals surface area contributed by atoms with Crippen LogP contribution in [0.3, 0.4) is 0 Å². The number of nitrogens with zero attached hydrogens (tertiary/aromatic N) is 3. The van der Waals surface area contributed by atoms with Gasteiger partial charge in [0.2, 0.25) is 5.91 Å². The summed E-state index contributed by atoms with van der Waals surface area (Å²) in [5, 5.41) is 3.07. The fraction of sp³-hybridized carbons (Fsp3) is 0.368. The van der Waals surface area contributed by atoms with E-state index in [1.54, 1.807) is 31.3 Å². The number of anilines is 1. The number of benzene rings is 1. The predicted molar refractivity (Wildman–Crippen MR) is 107 cm³/mol. The highest BCUT2D eigenvalue weighted by molar-refractivity contribution is 7.99. The van der Waals surface area contributed by atoms with Crippen molar-refractivity contribution in [1.29, 1.82) is 0 Å². The summed E-state index contributed by atoms with van der Waals surface area (Å²) in [5.74, 6) is 0.302. The van der Waals surface area contributed by atoms with E-state index in [-0.39, 0.29) is 17.2 Å². The van der Waals surface area contributed by atoms with E-state index in [4.69, 9.17) is 4.74 Å². The SMILES string of the molecule is COc1cccc(NC(=O)c2cnc(SCC(=O)N3CCCC3)n(C)c2=O)c1. The molecular weight excluding hydrogens is 380 g/mol. The highest BCUT2D eigenvalue weighted by Crippen LogP contribution is 2.18. The van der Waals surface area contributed by atoms with E-state index in [1.165, 1.54) is 29.6 Å². The van der Waals surface area contributed by atoms with E-state index in [9.17, 15) is 14.4 Å². The molecule has 2 amide bonds. The molecule has 0 bridgehead atoms. The normalized spacial score (nSPS) is 13.4. The lowest BCUT2D eigenvalue weighted by molar-refractivity contribution is -0.127. The molecule has 2 heterocycles. The van der Waals surface area contributed by atoms with Crippen LogP contribution in [0.2, 0.25) is 0 Å². The standard InChI is InChI=1S/C19H22N4O4S/c1-22-18(26)15(17(25)21-13-6-5-7-14(10-13)27-2)11-20-19(22)28-12-16(24)23-8-3-4-9-23/h5-7,10-11H,3-4,8-9,12H2,1-2H3,(H,21,25). The van der Waals surface area contributed by atoms with Gasteiger partial charge >= 0.3 is 0 Å². The molecule has 0 unspecified atom stereocenters. The Balaban J connectivity index is 1.69. The summed E-state index contributed by atoms with van der Waals surface area (Å²) in [6.45, 7) is 1.57. The second-order valence-electron chi connectivity index (χ2n) is 6.38. The number of methoxy groups -OCH3 is 1. The van der Waals surface area contributed by atoms with Crippen molar-refractivity contribution in [2.75, 3.05) is 31.3 Å². The molecule has 3 rings (SSSR count). The van der Waals surface area contributed by atoms with Crippen LogP contribution in [0.1, 0.15) is 23.2 Å². The minimum atomic E-state index is -0.550. The Hall–Kier alpha value is -2.81. The van der Waals surface area contributed by atoms with Gasteiger partial charge in [-0.2, -0.15) is 0 Å². The molecule has 0 aliphatic carbocycles. The zero-order chi connectivity index (χ0) is 20.1. The number of carbonyl (C=O) groups is 2. The Labute approximate surface area is 166 Å². The first-order valence-electron chi connectivity index (χ1n) is 8.91. The molecule has 0 radical (unpaired) electrons. The van der Waals surface area contributed by atoms with Gasteiger partial charge in [0.15, 0.2) is 5.16 Å². The van der Waals surface area contributed by atoms with Gasteiger partial charge in [-0.05, 0) is 25.0 Å². The van der Waals surface area contributed by atoms with Gasteiger partial charge in [0.1, 0.15) is 11.3 Å². The van der Waals surface area contributed by atoms with Gasteiger partial charge in [0, 0.05) is 38.1 Å². The van der Waals surface area contributed by atoms with Crippen LogP contribution in [-0.4, -0.2) is 52.2 Å². The molecule has 1 aliphatic rings. The van der Waals surface area contributed by atoms with Crippen LogP contribution < -0.4 is 15.6 Å². The maximum Gasteiger partial charge on any atom is 0.266 e. The summed E-state index contributed by atoms with van der Waals surface area (Å²) in [6, 6.07) is 6.85. The number of rotatable bonds is 6. The number of likely N-dealkylation sites (tertiary alicyclic amines) is 1. The third-order valence-electron chi connectivity index (χ3n) is 4.48. The number of thioether (sulfide) groups is 1. The van der Waals surface area contributed by atoms with Gasteiger partial charge in [-0.15, -0.1) is 0 Å². The van der Waals surface area contributed by atoms with Crippen molar-refractivity contribution in [2.45, 2.75) is 18.0 Å². The molecule has 28 heavy (non-hydrogen) atoms. The van der Waals surface area contributed by atoms with Crippen molar-refractivity contribution in [3.8, 4) is 5.75 Å². The first-order valence-corrected chi connectivity index (χ1v) is 9.90. The van der Waals surface area contributed by atoms with Gasteiger partial charge in [-0.25, -0.2) is 4.98 Å². The molecule has 1 aliphatic heterocycles. The van der Waals surface area contributed by atoms with Crippen LogP contribution in [0, 0.1) is 0 Å². The third kappa shape index (κ3) is 4.53. The molecule has 1 aromatic carbocycles. The maximum atomic E-state index is 12.6. The fourth-order valence-electron chi connectivity index (χ4n) is 2.90. The van der Waals surface area contributed by atoms with E-state index < -0.39 is 11.5 Å². The Morgan fingerprint density at radius 1 is 1.29 bits per heavy atom. The van der Waals surface area contributed by atoms with Crippen LogP contribution >= 0.6 is 11.8 Å². The third-order valence-corrected chi connectivity index (χ3v) is 5.51. The summed E-state index contributed by atoms with van der Waals surface area (Å²) >= 11 is 1.20. The molecule has 0 spiro atoms. The first kappa shape index (κ1) is 19.9. The molecular formula is C19H22N4O4S. The van der Waals surface area contributed by atoms with Crippen molar-refractivity contribution >= 4 is 29.3 Å². The first-order chi connectivity index (χ1) is 13.5. The van der Waals surface area contributed by atoms with Crippen molar-refractivity contribution in [3.63, 3.8) is 0 Å². The predicted octanol–water partition coefficient (Wildman–Crippen LogP) is 1.76. The van der Waals surface area contributed by atoms with E-state index in [1.807, 2.05) is 4.90 Å². The van der Waals surface area contributed by atoms with Crippen LogP contribution in [0.5, 0.6) is 5.75 Å². The van der Waals surface area contributed by atoms with Crippen molar-refractivity contribution < 1.29 is 14.3 Å². The van der Waals surface area contributed by atoms with E-state index in [0.29, 0.717) is 16.6 Å². The zero-order valence-corrected chi connectivity index (χ0v) is 16.6. The van der Waals surface area contributed by atoms with Gasteiger partial charge in [-0.3, -0.25) is 19.0 Å². The molecule has 1 N–H and O–H groups in total. The molecule has 0 atom stereocenters. The van der Waals surface area contributed by atoms with E-state index in [2.05, 4.69) is 10.3 Å². The summed E-state index contributed by atoms with van der Waals surface area (Å²) in [6.07, 6.45) is 3.31. The molecule has 1 fully saturated rings. The van der Waals surface area contributed by atoms with Crippen molar-refractivity contribution in [1.82, 2.24) is 14.5 Å².